The Morgan fingerprint density at radius 2 is 1.71 bits per heavy atom. The first-order valence-corrected chi connectivity index (χ1v) is 10.6. The number of carbonyl (C=O) groups excluding carboxylic acids is 1. The summed E-state index contributed by atoms with van der Waals surface area (Å²) in [6.07, 6.45) is -0.612. The van der Waals surface area contributed by atoms with Crippen LogP contribution in [0.5, 0.6) is 11.5 Å². The molecule has 5 rings (SSSR count). The molecule has 0 unspecified atom stereocenters. The van der Waals surface area contributed by atoms with Crippen LogP contribution in [0.25, 0.3) is 11.5 Å². The van der Waals surface area contributed by atoms with Crippen LogP contribution in [0.1, 0.15) is 0 Å². The summed E-state index contributed by atoms with van der Waals surface area (Å²) in [5.74, 6) is 1.75. The van der Waals surface area contributed by atoms with Gasteiger partial charge in [-0.25, -0.2) is 4.68 Å². The van der Waals surface area contributed by atoms with Gasteiger partial charge in [-0.2, -0.15) is 0 Å². The lowest BCUT2D eigenvalue weighted by atomic mass is 10.2. The quantitative estimate of drug-likeness (QED) is 0.580. The summed E-state index contributed by atoms with van der Waals surface area (Å²) in [5.41, 5.74) is 0.888. The number of aromatic nitrogens is 2. The van der Waals surface area contributed by atoms with Crippen LogP contribution in [0.15, 0.2) is 59.0 Å². The Labute approximate surface area is 184 Å². The number of benzene rings is 2. The molecule has 1 amide bonds. The van der Waals surface area contributed by atoms with Crippen molar-refractivity contribution in [3.63, 3.8) is 0 Å². The molecule has 0 N–H and O–H groups in total. The predicted octanol–water partition coefficient (Wildman–Crippen LogP) is 2.81. The van der Waals surface area contributed by atoms with E-state index in [1.165, 1.54) is 0 Å². The van der Waals surface area contributed by atoms with Gasteiger partial charge in [0.2, 0.25) is 12.0 Å². The molecule has 0 aliphatic carbocycles. The molecule has 160 valence electrons. The molecule has 1 fully saturated rings. The lowest BCUT2D eigenvalue weighted by Gasteiger charge is -2.36. The van der Waals surface area contributed by atoms with Crippen LogP contribution in [-0.2, 0) is 11.5 Å². The van der Waals surface area contributed by atoms with E-state index < -0.39 is 6.10 Å². The second-order valence-electron chi connectivity index (χ2n) is 7.49. The fourth-order valence-electron chi connectivity index (χ4n) is 3.74. The minimum Gasteiger partial charge on any atom is -0.485 e. The van der Waals surface area contributed by atoms with Crippen molar-refractivity contribution in [1.82, 2.24) is 19.6 Å². The van der Waals surface area contributed by atoms with Gasteiger partial charge in [-0.05, 0) is 36.5 Å². The van der Waals surface area contributed by atoms with Crippen LogP contribution in [0.3, 0.4) is 0 Å². The molecule has 8 nitrogen and oxygen atoms in total. The molecule has 1 saturated heterocycles. The smallest absolute Gasteiger partial charge is 0.288 e. The molecule has 31 heavy (non-hydrogen) atoms. The van der Waals surface area contributed by atoms with Crippen molar-refractivity contribution >= 4 is 18.1 Å². The van der Waals surface area contributed by atoms with Gasteiger partial charge in [0.1, 0.15) is 6.61 Å². The van der Waals surface area contributed by atoms with Crippen LogP contribution in [0.4, 0.5) is 0 Å². The number of carbonyl (C=O) groups is 1. The number of amides is 1. The molecule has 0 radical (unpaired) electrons. The Morgan fingerprint density at radius 1 is 1.00 bits per heavy atom. The first-order valence-electron chi connectivity index (χ1n) is 10.2. The van der Waals surface area contributed by atoms with E-state index in [-0.39, 0.29) is 12.5 Å². The minimum absolute atomic E-state index is 0.0430. The number of hydrogen-bond donors (Lipinski definition) is 0. The average molecular weight is 439 g/mol. The van der Waals surface area contributed by atoms with E-state index in [0.717, 1.165) is 5.56 Å². The largest absolute Gasteiger partial charge is 0.485 e. The lowest BCUT2D eigenvalue weighted by molar-refractivity contribution is -0.143. The fraction of sp³-hybridized carbons (Fsp3) is 0.318. The van der Waals surface area contributed by atoms with Crippen molar-refractivity contribution in [2.75, 3.05) is 32.8 Å². The first-order chi connectivity index (χ1) is 15.2. The van der Waals surface area contributed by atoms with E-state index in [0.29, 0.717) is 55.1 Å². The molecule has 9 heteroatoms. The summed E-state index contributed by atoms with van der Waals surface area (Å²) in [6, 6.07) is 17.1. The molecule has 2 aromatic carbocycles. The topological polar surface area (TPSA) is 73.0 Å². The number of para-hydroxylation sites is 2. The van der Waals surface area contributed by atoms with Gasteiger partial charge in [0.05, 0.1) is 6.67 Å². The third kappa shape index (κ3) is 4.19. The maximum absolute atomic E-state index is 12.9. The van der Waals surface area contributed by atoms with Crippen molar-refractivity contribution in [3.8, 4) is 23.0 Å². The zero-order valence-electron chi connectivity index (χ0n) is 16.8. The van der Waals surface area contributed by atoms with Crippen molar-refractivity contribution in [2.24, 2.45) is 0 Å². The highest BCUT2D eigenvalue weighted by Crippen LogP contribution is 2.31. The van der Waals surface area contributed by atoms with Crippen LogP contribution in [0, 0.1) is 4.84 Å². The number of rotatable bonds is 4. The molecule has 0 bridgehead atoms. The van der Waals surface area contributed by atoms with Gasteiger partial charge >= 0.3 is 0 Å². The Balaban J connectivity index is 1.17. The minimum atomic E-state index is -0.612. The average Bonchev–Trinajstić information content (AvgIpc) is 3.19. The SMILES string of the molecule is O=C([C@H]1COc2ccccc2O1)N1CCN(Cn2nc(-c3ccccc3)oc2=S)CC1. The van der Waals surface area contributed by atoms with Crippen LogP contribution >= 0.6 is 12.2 Å². The summed E-state index contributed by atoms with van der Waals surface area (Å²) in [7, 11) is 0. The zero-order valence-corrected chi connectivity index (χ0v) is 17.7. The predicted molar refractivity (Wildman–Crippen MR) is 115 cm³/mol. The van der Waals surface area contributed by atoms with E-state index in [1.54, 1.807) is 4.68 Å². The Bertz CT molecular complexity index is 1120. The summed E-state index contributed by atoms with van der Waals surface area (Å²) < 4.78 is 18.9. The number of piperazine rings is 1. The van der Waals surface area contributed by atoms with Crippen molar-refractivity contribution in [1.29, 1.82) is 0 Å². The molecule has 0 spiro atoms. The highest BCUT2D eigenvalue weighted by Gasteiger charge is 2.32. The molecule has 1 atom stereocenters. The zero-order chi connectivity index (χ0) is 21.2. The Kier molecular flexibility index (Phi) is 5.44. The summed E-state index contributed by atoms with van der Waals surface area (Å²) in [5, 5.41) is 4.51. The van der Waals surface area contributed by atoms with E-state index in [1.807, 2.05) is 59.5 Å². The third-order valence-corrected chi connectivity index (χ3v) is 5.72. The third-order valence-electron chi connectivity index (χ3n) is 5.43. The fourth-order valence-corrected chi connectivity index (χ4v) is 3.91. The molecular weight excluding hydrogens is 416 g/mol. The second-order valence-corrected chi connectivity index (χ2v) is 7.84. The van der Waals surface area contributed by atoms with Gasteiger partial charge in [0.25, 0.3) is 10.7 Å². The van der Waals surface area contributed by atoms with Crippen LogP contribution < -0.4 is 9.47 Å². The van der Waals surface area contributed by atoms with E-state index in [4.69, 9.17) is 26.1 Å². The first kappa shape index (κ1) is 19.8. The normalized spacial score (nSPS) is 18.7. The summed E-state index contributed by atoms with van der Waals surface area (Å²) in [6.45, 7) is 3.39. The highest BCUT2D eigenvalue weighted by molar-refractivity contribution is 7.71. The van der Waals surface area contributed by atoms with Gasteiger partial charge in [-0.15, -0.1) is 5.10 Å². The van der Waals surface area contributed by atoms with E-state index in [2.05, 4.69) is 10.00 Å². The number of ether oxygens (including phenoxy) is 2. The molecule has 3 aromatic rings. The van der Waals surface area contributed by atoms with Gasteiger partial charge < -0.3 is 18.8 Å². The van der Waals surface area contributed by atoms with Gasteiger partial charge in [-0.3, -0.25) is 9.69 Å². The summed E-state index contributed by atoms with van der Waals surface area (Å²) >= 11 is 5.34. The van der Waals surface area contributed by atoms with Crippen molar-refractivity contribution in [3.05, 3.63) is 59.4 Å². The number of fused-ring (bicyclic) bond motifs is 1. The second kappa shape index (κ2) is 8.52. The molecule has 2 aliphatic rings. The van der Waals surface area contributed by atoms with Gasteiger partial charge in [0, 0.05) is 31.7 Å². The molecule has 1 aromatic heterocycles. The molecule has 2 aliphatic heterocycles. The lowest BCUT2D eigenvalue weighted by Crippen LogP contribution is -2.54. The molecule has 3 heterocycles. The van der Waals surface area contributed by atoms with Crippen molar-refractivity contribution < 1.29 is 18.7 Å². The maximum Gasteiger partial charge on any atom is 0.288 e. The molecule has 0 saturated carbocycles. The Hall–Kier alpha value is -3.17. The Morgan fingerprint density at radius 3 is 2.48 bits per heavy atom. The maximum atomic E-state index is 12.9. The van der Waals surface area contributed by atoms with E-state index >= 15 is 0 Å². The molecular formula is C22H22N4O4S. The van der Waals surface area contributed by atoms with Crippen LogP contribution in [0.2, 0.25) is 0 Å². The van der Waals surface area contributed by atoms with Crippen LogP contribution in [-0.4, -0.2) is 64.4 Å². The highest BCUT2D eigenvalue weighted by atomic mass is 32.1. The monoisotopic (exact) mass is 438 g/mol. The summed E-state index contributed by atoms with van der Waals surface area (Å²) in [4.78, 5) is 17.3. The van der Waals surface area contributed by atoms with Crippen molar-refractivity contribution in [2.45, 2.75) is 12.8 Å². The standard InChI is InChI=1S/C22H22N4O4S/c27-21(19-14-28-17-8-4-5-9-18(17)29-19)25-12-10-24(11-13-25)15-26-22(31)30-20(23-26)16-6-2-1-3-7-16/h1-9,19H,10-15H2/t19-/m1/s1. The number of nitrogens with zero attached hydrogens (tertiary/aromatic N) is 4. The van der Waals surface area contributed by atoms with E-state index in [9.17, 15) is 4.79 Å². The number of hydrogen-bond acceptors (Lipinski definition) is 7. The van der Waals surface area contributed by atoms with Gasteiger partial charge in [0.15, 0.2) is 11.5 Å². The van der Waals surface area contributed by atoms with Gasteiger partial charge in [-0.1, -0.05) is 30.3 Å².